The molecular weight excluding hydrogens is 218 g/mol. The molecule has 1 rings (SSSR count). The van der Waals surface area contributed by atoms with E-state index in [0.717, 1.165) is 6.54 Å². The second-order valence-electron chi connectivity index (χ2n) is 4.00. The summed E-state index contributed by atoms with van der Waals surface area (Å²) >= 11 is 5.08. The Labute approximate surface area is 103 Å². The SMILES string of the molecule is CNC(=S)NC[C@H](c1ccccc1)[NH+](C)C. The van der Waals surface area contributed by atoms with Crippen molar-refractivity contribution in [2.75, 3.05) is 27.7 Å². The van der Waals surface area contributed by atoms with Crippen molar-refractivity contribution in [1.29, 1.82) is 0 Å². The Balaban J connectivity index is 2.66. The Morgan fingerprint density at radius 2 is 1.94 bits per heavy atom. The zero-order chi connectivity index (χ0) is 12.0. The molecule has 1 atom stereocenters. The first kappa shape index (κ1) is 12.9. The lowest BCUT2D eigenvalue weighted by atomic mass is 10.1. The maximum absolute atomic E-state index is 5.08. The molecule has 0 radical (unpaired) electrons. The fourth-order valence-electron chi connectivity index (χ4n) is 1.62. The molecule has 0 unspecified atom stereocenters. The van der Waals surface area contributed by atoms with E-state index in [2.05, 4.69) is 49.0 Å². The fourth-order valence-corrected chi connectivity index (χ4v) is 1.71. The third-order valence-corrected chi connectivity index (χ3v) is 2.94. The van der Waals surface area contributed by atoms with Gasteiger partial charge in [-0.15, -0.1) is 0 Å². The highest BCUT2D eigenvalue weighted by Crippen LogP contribution is 2.07. The quantitative estimate of drug-likeness (QED) is 0.643. The lowest BCUT2D eigenvalue weighted by Crippen LogP contribution is -3.07. The minimum absolute atomic E-state index is 0.410. The van der Waals surface area contributed by atoms with Crippen LogP contribution in [-0.4, -0.2) is 32.8 Å². The van der Waals surface area contributed by atoms with Gasteiger partial charge in [0.05, 0.1) is 20.6 Å². The Bertz CT molecular complexity index is 324. The van der Waals surface area contributed by atoms with Gasteiger partial charge in [0, 0.05) is 12.6 Å². The van der Waals surface area contributed by atoms with Gasteiger partial charge >= 0.3 is 0 Å². The molecule has 0 aromatic heterocycles. The largest absolute Gasteiger partial charge is 0.366 e. The van der Waals surface area contributed by atoms with Crippen molar-refractivity contribution < 1.29 is 4.90 Å². The molecule has 0 saturated heterocycles. The minimum atomic E-state index is 0.410. The highest BCUT2D eigenvalue weighted by molar-refractivity contribution is 7.80. The number of likely N-dealkylation sites (N-methyl/N-ethyl adjacent to an activating group) is 1. The molecular formula is C12H20N3S+. The van der Waals surface area contributed by atoms with Crippen molar-refractivity contribution in [2.24, 2.45) is 0 Å². The minimum Gasteiger partial charge on any atom is -0.366 e. The van der Waals surface area contributed by atoms with E-state index < -0.39 is 0 Å². The lowest BCUT2D eigenvalue weighted by Gasteiger charge is -2.22. The molecule has 1 aromatic rings. The maximum atomic E-state index is 5.08. The molecule has 88 valence electrons. The van der Waals surface area contributed by atoms with E-state index in [0.29, 0.717) is 11.2 Å². The summed E-state index contributed by atoms with van der Waals surface area (Å²) in [6, 6.07) is 10.9. The first-order valence-electron chi connectivity index (χ1n) is 5.45. The Hall–Kier alpha value is -1.13. The molecule has 3 nitrogen and oxygen atoms in total. The van der Waals surface area contributed by atoms with Crippen molar-refractivity contribution in [2.45, 2.75) is 6.04 Å². The van der Waals surface area contributed by atoms with Crippen LogP contribution in [0.3, 0.4) is 0 Å². The molecule has 0 amide bonds. The van der Waals surface area contributed by atoms with Crippen LogP contribution in [0, 0.1) is 0 Å². The third kappa shape index (κ3) is 3.79. The van der Waals surface area contributed by atoms with Crippen LogP contribution in [-0.2, 0) is 0 Å². The molecule has 0 heterocycles. The van der Waals surface area contributed by atoms with Crippen molar-refractivity contribution in [1.82, 2.24) is 10.6 Å². The molecule has 0 saturated carbocycles. The highest BCUT2D eigenvalue weighted by atomic mass is 32.1. The van der Waals surface area contributed by atoms with Gasteiger partial charge < -0.3 is 15.5 Å². The van der Waals surface area contributed by atoms with Gasteiger partial charge in [0.25, 0.3) is 0 Å². The highest BCUT2D eigenvalue weighted by Gasteiger charge is 2.17. The third-order valence-electron chi connectivity index (χ3n) is 2.59. The van der Waals surface area contributed by atoms with Gasteiger partial charge in [-0.2, -0.15) is 0 Å². The summed E-state index contributed by atoms with van der Waals surface area (Å²) in [6.45, 7) is 0.839. The number of rotatable bonds is 4. The molecule has 4 heteroatoms. The van der Waals surface area contributed by atoms with E-state index in [9.17, 15) is 0 Å². The average molecular weight is 238 g/mol. The first-order chi connectivity index (χ1) is 7.65. The molecule has 0 aliphatic heterocycles. The molecule has 0 spiro atoms. The van der Waals surface area contributed by atoms with E-state index in [4.69, 9.17) is 12.2 Å². The Morgan fingerprint density at radius 3 is 2.44 bits per heavy atom. The van der Waals surface area contributed by atoms with Crippen LogP contribution < -0.4 is 15.5 Å². The topological polar surface area (TPSA) is 28.5 Å². The lowest BCUT2D eigenvalue weighted by molar-refractivity contribution is -0.890. The van der Waals surface area contributed by atoms with Gasteiger partial charge in [-0.25, -0.2) is 0 Å². The van der Waals surface area contributed by atoms with Gasteiger partial charge in [0.1, 0.15) is 6.04 Å². The van der Waals surface area contributed by atoms with Crippen molar-refractivity contribution in [3.8, 4) is 0 Å². The van der Waals surface area contributed by atoms with Crippen LogP contribution in [0.25, 0.3) is 0 Å². The molecule has 0 fully saturated rings. The number of quaternary nitrogens is 1. The van der Waals surface area contributed by atoms with Crippen LogP contribution in [0.1, 0.15) is 11.6 Å². The monoisotopic (exact) mass is 238 g/mol. The standard InChI is InChI=1S/C12H19N3S/c1-13-12(16)14-9-11(15(2)3)10-7-5-4-6-8-10/h4-8,11H,9H2,1-3H3,(H2,13,14,16)/p+1/t11-/m1/s1. The zero-order valence-corrected chi connectivity index (χ0v) is 10.9. The van der Waals surface area contributed by atoms with Crippen molar-refractivity contribution >= 4 is 17.3 Å². The number of hydrogen-bond acceptors (Lipinski definition) is 1. The van der Waals surface area contributed by atoms with E-state index in [1.807, 2.05) is 13.1 Å². The Kier molecular flexibility index (Phi) is 5.22. The summed E-state index contributed by atoms with van der Waals surface area (Å²) in [5.41, 5.74) is 1.33. The van der Waals surface area contributed by atoms with Crippen LogP contribution in [0.15, 0.2) is 30.3 Å². The van der Waals surface area contributed by atoms with Gasteiger partial charge in [0.2, 0.25) is 0 Å². The van der Waals surface area contributed by atoms with Crippen LogP contribution in [0.2, 0.25) is 0 Å². The van der Waals surface area contributed by atoms with Crippen LogP contribution >= 0.6 is 12.2 Å². The Morgan fingerprint density at radius 1 is 1.31 bits per heavy atom. The van der Waals surface area contributed by atoms with Gasteiger partial charge in [0.15, 0.2) is 5.11 Å². The summed E-state index contributed by atoms with van der Waals surface area (Å²) < 4.78 is 0. The summed E-state index contributed by atoms with van der Waals surface area (Å²) in [5, 5.41) is 6.83. The van der Waals surface area contributed by atoms with E-state index in [-0.39, 0.29) is 0 Å². The normalized spacial score (nSPS) is 12.2. The van der Waals surface area contributed by atoms with Crippen LogP contribution in [0.5, 0.6) is 0 Å². The maximum Gasteiger partial charge on any atom is 0.166 e. The van der Waals surface area contributed by atoms with Crippen LogP contribution in [0.4, 0.5) is 0 Å². The van der Waals surface area contributed by atoms with E-state index in [1.54, 1.807) is 0 Å². The predicted octanol–water partition coefficient (Wildman–Crippen LogP) is -0.0339. The molecule has 0 bridgehead atoms. The number of hydrogen-bond donors (Lipinski definition) is 3. The number of nitrogens with one attached hydrogen (secondary N) is 3. The number of benzene rings is 1. The fraction of sp³-hybridized carbons (Fsp3) is 0.417. The van der Waals surface area contributed by atoms with E-state index >= 15 is 0 Å². The molecule has 3 N–H and O–H groups in total. The summed E-state index contributed by atoms with van der Waals surface area (Å²) in [7, 11) is 6.14. The summed E-state index contributed by atoms with van der Waals surface area (Å²) in [4.78, 5) is 1.39. The smallest absolute Gasteiger partial charge is 0.166 e. The zero-order valence-electron chi connectivity index (χ0n) is 10.1. The van der Waals surface area contributed by atoms with Gasteiger partial charge in [-0.05, 0) is 12.2 Å². The van der Waals surface area contributed by atoms with Crippen molar-refractivity contribution in [3.05, 3.63) is 35.9 Å². The van der Waals surface area contributed by atoms with Gasteiger partial charge in [-0.3, -0.25) is 0 Å². The average Bonchev–Trinajstić information content (AvgIpc) is 2.30. The predicted molar refractivity (Wildman–Crippen MR) is 71.7 cm³/mol. The van der Waals surface area contributed by atoms with Crippen molar-refractivity contribution in [3.63, 3.8) is 0 Å². The summed E-state index contributed by atoms with van der Waals surface area (Å²) in [6.07, 6.45) is 0. The van der Waals surface area contributed by atoms with Gasteiger partial charge in [-0.1, -0.05) is 30.3 Å². The van der Waals surface area contributed by atoms with E-state index in [1.165, 1.54) is 10.5 Å². The first-order valence-corrected chi connectivity index (χ1v) is 5.86. The molecule has 1 aromatic carbocycles. The second kappa shape index (κ2) is 6.45. The second-order valence-corrected chi connectivity index (χ2v) is 4.41. The number of thiocarbonyl (C=S) groups is 1. The molecule has 0 aliphatic rings. The molecule has 16 heavy (non-hydrogen) atoms. The molecule has 0 aliphatic carbocycles. The summed E-state index contributed by atoms with van der Waals surface area (Å²) in [5.74, 6) is 0.